The number of benzene rings is 1. The van der Waals surface area contributed by atoms with E-state index in [4.69, 9.17) is 17.3 Å². The molecule has 0 saturated heterocycles. The lowest BCUT2D eigenvalue weighted by Gasteiger charge is -2.17. The normalized spacial score (nSPS) is 12.0. The van der Waals surface area contributed by atoms with Gasteiger partial charge in [-0.1, -0.05) is 25.4 Å². The summed E-state index contributed by atoms with van der Waals surface area (Å²) in [7, 11) is -3.61. The van der Waals surface area contributed by atoms with Crippen molar-refractivity contribution >= 4 is 27.3 Å². The minimum absolute atomic E-state index is 0.0296. The fourth-order valence-electron chi connectivity index (χ4n) is 1.85. The monoisotopic (exact) mass is 319 g/mol. The summed E-state index contributed by atoms with van der Waals surface area (Å²) in [5.41, 5.74) is 5.97. The van der Waals surface area contributed by atoms with Gasteiger partial charge in [-0.25, -0.2) is 13.1 Å². The number of hydrogen-bond acceptors (Lipinski definition) is 4. The van der Waals surface area contributed by atoms with Crippen LogP contribution in [0.5, 0.6) is 0 Å². The highest BCUT2D eigenvalue weighted by Gasteiger charge is 2.17. The molecule has 1 aromatic rings. The number of nitrogens with one attached hydrogen (secondary N) is 1. The van der Waals surface area contributed by atoms with E-state index in [-0.39, 0.29) is 9.92 Å². The van der Waals surface area contributed by atoms with Gasteiger partial charge in [0.2, 0.25) is 10.0 Å². The summed E-state index contributed by atoms with van der Waals surface area (Å²) < 4.78 is 26.8. The van der Waals surface area contributed by atoms with E-state index in [1.54, 1.807) is 6.07 Å². The van der Waals surface area contributed by atoms with Crippen molar-refractivity contribution in [1.29, 1.82) is 0 Å². The van der Waals surface area contributed by atoms with Gasteiger partial charge in [-0.05, 0) is 44.3 Å². The number of hydrogen-bond donors (Lipinski definition) is 2. The molecule has 3 N–H and O–H groups in total. The summed E-state index contributed by atoms with van der Waals surface area (Å²) in [6, 6.07) is 4.43. The van der Waals surface area contributed by atoms with Crippen molar-refractivity contribution in [3.05, 3.63) is 23.2 Å². The minimum atomic E-state index is -3.61. The molecule has 0 bridgehead atoms. The lowest BCUT2D eigenvalue weighted by atomic mass is 10.3. The van der Waals surface area contributed by atoms with Gasteiger partial charge in [-0.15, -0.1) is 0 Å². The zero-order chi connectivity index (χ0) is 15.2. The van der Waals surface area contributed by atoms with Crippen molar-refractivity contribution < 1.29 is 8.42 Å². The minimum Gasteiger partial charge on any atom is -0.399 e. The van der Waals surface area contributed by atoms with Crippen molar-refractivity contribution in [2.24, 2.45) is 0 Å². The van der Waals surface area contributed by atoms with Crippen LogP contribution in [-0.4, -0.2) is 39.5 Å². The van der Waals surface area contributed by atoms with E-state index in [9.17, 15) is 8.42 Å². The fraction of sp³-hybridized carbons (Fsp3) is 0.538. The zero-order valence-electron chi connectivity index (χ0n) is 11.9. The topological polar surface area (TPSA) is 75.4 Å². The molecule has 7 heteroatoms. The maximum absolute atomic E-state index is 12.1. The molecule has 0 fully saturated rings. The van der Waals surface area contributed by atoms with Gasteiger partial charge in [0.25, 0.3) is 0 Å². The van der Waals surface area contributed by atoms with Crippen LogP contribution in [-0.2, 0) is 10.0 Å². The van der Waals surface area contributed by atoms with E-state index in [1.165, 1.54) is 12.1 Å². The Bertz CT molecular complexity index is 530. The first-order valence-electron chi connectivity index (χ1n) is 6.67. The molecule has 0 unspecified atom stereocenters. The molecule has 20 heavy (non-hydrogen) atoms. The molecule has 0 saturated carbocycles. The Morgan fingerprint density at radius 1 is 1.30 bits per heavy atom. The van der Waals surface area contributed by atoms with E-state index in [0.717, 1.165) is 26.1 Å². The smallest absolute Gasteiger partial charge is 0.242 e. The van der Waals surface area contributed by atoms with E-state index in [1.807, 2.05) is 0 Å². The number of anilines is 1. The third kappa shape index (κ3) is 4.94. The molecule has 5 nitrogen and oxygen atoms in total. The van der Waals surface area contributed by atoms with Crippen molar-refractivity contribution in [2.75, 3.05) is 31.9 Å². The van der Waals surface area contributed by atoms with Gasteiger partial charge in [0.1, 0.15) is 4.90 Å². The number of nitrogens with zero attached hydrogens (tertiary/aromatic N) is 1. The Balaban J connectivity index is 2.60. The molecule has 0 atom stereocenters. The van der Waals surface area contributed by atoms with Gasteiger partial charge in [0, 0.05) is 12.2 Å². The second-order valence-corrected chi connectivity index (χ2v) is 6.61. The molecule has 1 aromatic carbocycles. The summed E-state index contributed by atoms with van der Waals surface area (Å²) in [6.07, 6.45) is 0.751. The SMILES string of the molecule is CCN(CC)CCCNS(=O)(=O)c1cc(N)ccc1Cl. The third-order valence-electron chi connectivity index (χ3n) is 3.08. The molecule has 1 rings (SSSR count). The molecule has 114 valence electrons. The van der Waals surface area contributed by atoms with Crippen LogP contribution in [0.25, 0.3) is 0 Å². The molecule has 0 aliphatic heterocycles. The first-order chi connectivity index (χ1) is 9.40. The summed E-state index contributed by atoms with van der Waals surface area (Å²) in [5, 5.41) is 0.176. The van der Waals surface area contributed by atoms with Crippen LogP contribution in [0.2, 0.25) is 5.02 Å². The Hall–Kier alpha value is -0.820. The van der Waals surface area contributed by atoms with Crippen molar-refractivity contribution in [3.8, 4) is 0 Å². The lowest BCUT2D eigenvalue weighted by molar-refractivity contribution is 0.300. The molecule has 0 heterocycles. The van der Waals surface area contributed by atoms with Crippen molar-refractivity contribution in [3.63, 3.8) is 0 Å². The highest BCUT2D eigenvalue weighted by molar-refractivity contribution is 7.89. The summed E-state index contributed by atoms with van der Waals surface area (Å²) in [4.78, 5) is 2.27. The van der Waals surface area contributed by atoms with Gasteiger partial charge in [0.05, 0.1) is 5.02 Å². The Kier molecular flexibility index (Phi) is 6.75. The van der Waals surface area contributed by atoms with Crippen LogP contribution < -0.4 is 10.5 Å². The average molecular weight is 320 g/mol. The van der Waals surface area contributed by atoms with E-state index >= 15 is 0 Å². The lowest BCUT2D eigenvalue weighted by Crippen LogP contribution is -2.30. The second-order valence-electron chi connectivity index (χ2n) is 4.47. The fourth-order valence-corrected chi connectivity index (χ4v) is 3.46. The van der Waals surface area contributed by atoms with Crippen molar-refractivity contribution in [2.45, 2.75) is 25.2 Å². The number of sulfonamides is 1. The van der Waals surface area contributed by atoms with Gasteiger partial charge < -0.3 is 10.6 Å². The van der Waals surface area contributed by atoms with E-state index in [2.05, 4.69) is 23.5 Å². The zero-order valence-corrected chi connectivity index (χ0v) is 13.5. The van der Waals surface area contributed by atoms with Crippen LogP contribution in [0.15, 0.2) is 23.1 Å². The molecule has 0 spiro atoms. The number of halogens is 1. The standard InChI is InChI=1S/C13H22ClN3O2S/c1-3-17(4-2)9-5-8-16-20(18,19)13-10-11(15)6-7-12(13)14/h6-7,10,16H,3-5,8-9,15H2,1-2H3. The van der Waals surface area contributed by atoms with Gasteiger partial charge in [-0.2, -0.15) is 0 Å². The Morgan fingerprint density at radius 2 is 1.95 bits per heavy atom. The number of rotatable bonds is 8. The molecule has 0 radical (unpaired) electrons. The molecule has 0 aromatic heterocycles. The van der Waals surface area contributed by atoms with Gasteiger partial charge in [0.15, 0.2) is 0 Å². The second kappa shape index (κ2) is 7.83. The van der Waals surface area contributed by atoms with Crippen LogP contribution in [0, 0.1) is 0 Å². The predicted molar refractivity (Wildman–Crippen MR) is 83.5 cm³/mol. The first-order valence-corrected chi connectivity index (χ1v) is 8.53. The number of nitrogens with two attached hydrogens (primary N) is 1. The highest BCUT2D eigenvalue weighted by Crippen LogP contribution is 2.23. The molecular weight excluding hydrogens is 298 g/mol. The first kappa shape index (κ1) is 17.2. The Labute approximate surface area is 126 Å². The van der Waals surface area contributed by atoms with Crippen LogP contribution in [0.4, 0.5) is 5.69 Å². The Morgan fingerprint density at radius 3 is 2.55 bits per heavy atom. The largest absolute Gasteiger partial charge is 0.399 e. The molecular formula is C13H22ClN3O2S. The molecule has 0 amide bonds. The van der Waals surface area contributed by atoms with Crippen molar-refractivity contribution in [1.82, 2.24) is 9.62 Å². The molecule has 0 aliphatic rings. The molecule has 0 aliphatic carbocycles. The van der Waals surface area contributed by atoms with E-state index < -0.39 is 10.0 Å². The van der Waals surface area contributed by atoms with Crippen LogP contribution in [0.3, 0.4) is 0 Å². The summed E-state index contributed by atoms with van der Waals surface area (Å²) in [5.74, 6) is 0. The third-order valence-corrected chi connectivity index (χ3v) is 5.03. The summed E-state index contributed by atoms with van der Waals surface area (Å²) >= 11 is 5.91. The average Bonchev–Trinajstić information content (AvgIpc) is 2.41. The highest BCUT2D eigenvalue weighted by atomic mass is 35.5. The van der Waals surface area contributed by atoms with Crippen LogP contribution in [0.1, 0.15) is 20.3 Å². The van der Waals surface area contributed by atoms with Crippen LogP contribution >= 0.6 is 11.6 Å². The van der Waals surface area contributed by atoms with Gasteiger partial charge >= 0.3 is 0 Å². The predicted octanol–water partition coefficient (Wildman–Crippen LogP) is 1.93. The van der Waals surface area contributed by atoms with Gasteiger partial charge in [-0.3, -0.25) is 0 Å². The quantitative estimate of drug-likeness (QED) is 0.567. The number of nitrogen functional groups attached to an aromatic ring is 1. The van der Waals surface area contributed by atoms with E-state index in [0.29, 0.717) is 12.2 Å². The summed E-state index contributed by atoms with van der Waals surface area (Å²) in [6.45, 7) is 7.33. The maximum Gasteiger partial charge on any atom is 0.242 e. The maximum atomic E-state index is 12.1.